The molecule has 0 bridgehead atoms. The average molecular weight is 293 g/mol. The van der Waals surface area contributed by atoms with Gasteiger partial charge in [0.15, 0.2) is 0 Å². The Labute approximate surface area is 124 Å². The molecule has 4 nitrogen and oxygen atoms in total. The molecule has 2 fully saturated rings. The Balaban J connectivity index is 1.73. The lowest BCUT2D eigenvalue weighted by atomic mass is 9.91. The Morgan fingerprint density at radius 2 is 2.20 bits per heavy atom. The van der Waals surface area contributed by atoms with Crippen molar-refractivity contribution in [1.29, 1.82) is 0 Å². The summed E-state index contributed by atoms with van der Waals surface area (Å²) in [4.78, 5) is 0.367. The molecule has 1 aromatic carbocycles. The first-order chi connectivity index (χ1) is 9.69. The number of rotatable bonds is 3. The molecule has 108 valence electrons. The summed E-state index contributed by atoms with van der Waals surface area (Å²) in [5, 5.41) is 0. The summed E-state index contributed by atoms with van der Waals surface area (Å²) in [6.07, 6.45) is 2.82. The van der Waals surface area contributed by atoms with Gasteiger partial charge in [-0.15, -0.1) is 0 Å². The Hall–Kier alpha value is -1.17. The van der Waals surface area contributed by atoms with Crippen molar-refractivity contribution in [3.8, 4) is 5.75 Å². The summed E-state index contributed by atoms with van der Waals surface area (Å²) in [7, 11) is 0. The Morgan fingerprint density at radius 1 is 1.35 bits per heavy atom. The van der Waals surface area contributed by atoms with Gasteiger partial charge in [-0.1, -0.05) is 24.4 Å². The van der Waals surface area contributed by atoms with E-state index in [1.54, 1.807) is 0 Å². The van der Waals surface area contributed by atoms with E-state index in [0.717, 1.165) is 37.2 Å². The molecule has 0 amide bonds. The summed E-state index contributed by atoms with van der Waals surface area (Å²) < 4.78 is 17.5. The second kappa shape index (κ2) is 5.68. The van der Waals surface area contributed by atoms with E-state index in [0.29, 0.717) is 18.2 Å². The first-order valence-electron chi connectivity index (χ1n) is 6.96. The van der Waals surface area contributed by atoms with E-state index < -0.39 is 0 Å². The van der Waals surface area contributed by atoms with E-state index in [1.807, 2.05) is 24.3 Å². The van der Waals surface area contributed by atoms with Gasteiger partial charge >= 0.3 is 0 Å². The van der Waals surface area contributed by atoms with Gasteiger partial charge in [0.2, 0.25) is 0 Å². The summed E-state index contributed by atoms with van der Waals surface area (Å²) in [6.45, 7) is 2.16. The molecule has 2 N–H and O–H groups in total. The van der Waals surface area contributed by atoms with Gasteiger partial charge in [-0.25, -0.2) is 0 Å². The van der Waals surface area contributed by atoms with Crippen LogP contribution in [0, 0.1) is 0 Å². The smallest absolute Gasteiger partial charge is 0.129 e. The Morgan fingerprint density at radius 3 is 2.95 bits per heavy atom. The lowest BCUT2D eigenvalue weighted by molar-refractivity contribution is -0.112. The summed E-state index contributed by atoms with van der Waals surface area (Å²) in [6, 6.07) is 7.66. The second-order valence-electron chi connectivity index (χ2n) is 5.43. The second-order valence-corrected chi connectivity index (χ2v) is 5.87. The molecule has 2 saturated heterocycles. The number of hydrogen-bond donors (Lipinski definition) is 1. The minimum Gasteiger partial charge on any atom is -0.489 e. The maximum absolute atomic E-state index is 6.13. The van der Waals surface area contributed by atoms with Gasteiger partial charge in [0.1, 0.15) is 16.8 Å². The third-order valence-corrected chi connectivity index (χ3v) is 4.18. The van der Waals surface area contributed by atoms with Crippen LogP contribution in [0.1, 0.15) is 24.8 Å². The fourth-order valence-corrected chi connectivity index (χ4v) is 3.07. The number of hydrogen-bond acceptors (Lipinski definition) is 4. The quantitative estimate of drug-likeness (QED) is 0.864. The normalized spacial score (nSPS) is 29.5. The van der Waals surface area contributed by atoms with Crippen LogP contribution in [0.3, 0.4) is 0 Å². The zero-order valence-electron chi connectivity index (χ0n) is 11.3. The fourth-order valence-electron chi connectivity index (χ4n) is 2.90. The van der Waals surface area contributed by atoms with Crippen molar-refractivity contribution in [2.24, 2.45) is 5.73 Å². The van der Waals surface area contributed by atoms with Crippen LogP contribution in [0.4, 0.5) is 0 Å². The third-order valence-electron chi connectivity index (χ3n) is 3.96. The number of nitrogens with two attached hydrogens (primary N) is 1. The largest absolute Gasteiger partial charge is 0.489 e. The van der Waals surface area contributed by atoms with Gasteiger partial charge in [-0.3, -0.25) is 0 Å². The number of para-hydroxylation sites is 1. The minimum atomic E-state index is -0.152. The molecule has 0 aromatic heterocycles. The molecule has 1 aromatic rings. The predicted octanol–water partition coefficient (Wildman–Crippen LogP) is 2.04. The van der Waals surface area contributed by atoms with Gasteiger partial charge in [0.25, 0.3) is 0 Å². The van der Waals surface area contributed by atoms with Crippen molar-refractivity contribution in [2.45, 2.75) is 31.0 Å². The van der Waals surface area contributed by atoms with Crippen molar-refractivity contribution in [2.75, 3.05) is 19.8 Å². The molecular formula is C15H19NO3S. The van der Waals surface area contributed by atoms with Crippen LogP contribution in [0.2, 0.25) is 0 Å². The molecule has 0 aliphatic carbocycles. The van der Waals surface area contributed by atoms with E-state index in [-0.39, 0.29) is 11.7 Å². The SMILES string of the molecule is NC(=S)c1ccccc1OC1CCOC2(CCOC2)C1. The Bertz CT molecular complexity index is 500. The highest BCUT2D eigenvalue weighted by Gasteiger charge is 2.41. The van der Waals surface area contributed by atoms with E-state index in [4.69, 9.17) is 32.2 Å². The van der Waals surface area contributed by atoms with Gasteiger partial charge in [-0.05, 0) is 12.1 Å². The van der Waals surface area contributed by atoms with Gasteiger partial charge in [0, 0.05) is 25.9 Å². The fraction of sp³-hybridized carbons (Fsp3) is 0.533. The standard InChI is InChI=1S/C15H19NO3S/c16-14(20)12-3-1-2-4-13(12)19-11-5-7-18-15(9-11)6-8-17-10-15/h1-4,11H,5-10H2,(H2,16,20). The molecule has 3 rings (SSSR count). The third kappa shape index (κ3) is 2.80. The monoisotopic (exact) mass is 293 g/mol. The van der Waals surface area contributed by atoms with Crippen LogP contribution < -0.4 is 10.5 Å². The van der Waals surface area contributed by atoms with E-state index in [9.17, 15) is 0 Å². The summed E-state index contributed by atoms with van der Waals surface area (Å²) in [5.41, 5.74) is 6.39. The minimum absolute atomic E-state index is 0.126. The molecular weight excluding hydrogens is 274 g/mol. The molecule has 2 heterocycles. The van der Waals surface area contributed by atoms with Crippen LogP contribution >= 0.6 is 12.2 Å². The van der Waals surface area contributed by atoms with Crippen LogP contribution in [-0.4, -0.2) is 36.5 Å². The highest BCUT2D eigenvalue weighted by atomic mass is 32.1. The molecule has 2 aliphatic heterocycles. The number of benzene rings is 1. The number of ether oxygens (including phenoxy) is 3. The van der Waals surface area contributed by atoms with Crippen LogP contribution in [0.5, 0.6) is 5.75 Å². The van der Waals surface area contributed by atoms with E-state index in [2.05, 4.69) is 0 Å². The summed E-state index contributed by atoms with van der Waals surface area (Å²) >= 11 is 5.07. The molecule has 1 spiro atoms. The van der Waals surface area contributed by atoms with E-state index in [1.165, 1.54) is 0 Å². The maximum atomic E-state index is 6.13. The first kappa shape index (κ1) is 13.8. The molecule has 0 radical (unpaired) electrons. The lowest BCUT2D eigenvalue weighted by Crippen LogP contribution is -2.44. The molecule has 2 aliphatic rings. The molecule has 0 saturated carbocycles. The van der Waals surface area contributed by atoms with Crippen molar-refractivity contribution < 1.29 is 14.2 Å². The van der Waals surface area contributed by atoms with Gasteiger partial charge in [-0.2, -0.15) is 0 Å². The maximum Gasteiger partial charge on any atom is 0.129 e. The average Bonchev–Trinajstić information content (AvgIpc) is 2.87. The van der Waals surface area contributed by atoms with Crippen molar-refractivity contribution in [3.63, 3.8) is 0 Å². The predicted molar refractivity (Wildman–Crippen MR) is 80.1 cm³/mol. The lowest BCUT2D eigenvalue weighted by Gasteiger charge is -2.37. The first-order valence-corrected chi connectivity index (χ1v) is 7.37. The molecule has 2 unspecified atom stereocenters. The van der Waals surface area contributed by atoms with E-state index >= 15 is 0 Å². The zero-order chi connectivity index (χ0) is 14.0. The van der Waals surface area contributed by atoms with Crippen molar-refractivity contribution >= 4 is 17.2 Å². The van der Waals surface area contributed by atoms with Crippen LogP contribution in [0.25, 0.3) is 0 Å². The Kier molecular flexibility index (Phi) is 3.92. The van der Waals surface area contributed by atoms with Gasteiger partial charge in [0.05, 0.1) is 24.4 Å². The van der Waals surface area contributed by atoms with Gasteiger partial charge < -0.3 is 19.9 Å². The molecule has 20 heavy (non-hydrogen) atoms. The summed E-state index contributed by atoms with van der Waals surface area (Å²) in [5.74, 6) is 0.765. The number of thiocarbonyl (C=S) groups is 1. The molecule has 2 atom stereocenters. The van der Waals surface area contributed by atoms with Crippen LogP contribution in [-0.2, 0) is 9.47 Å². The van der Waals surface area contributed by atoms with Crippen molar-refractivity contribution in [1.82, 2.24) is 0 Å². The topological polar surface area (TPSA) is 53.7 Å². The van der Waals surface area contributed by atoms with Crippen molar-refractivity contribution in [3.05, 3.63) is 29.8 Å². The molecule has 5 heteroatoms. The van der Waals surface area contributed by atoms with Crippen LogP contribution in [0.15, 0.2) is 24.3 Å². The zero-order valence-corrected chi connectivity index (χ0v) is 12.2. The highest BCUT2D eigenvalue weighted by molar-refractivity contribution is 7.80. The highest BCUT2D eigenvalue weighted by Crippen LogP contribution is 2.35.